The third-order valence-corrected chi connectivity index (χ3v) is 3.71. The van der Waals surface area contributed by atoms with E-state index in [-0.39, 0.29) is 12.0 Å². The van der Waals surface area contributed by atoms with Crippen molar-refractivity contribution in [2.45, 2.75) is 25.9 Å². The first-order valence-corrected chi connectivity index (χ1v) is 7.10. The van der Waals surface area contributed by atoms with Crippen molar-refractivity contribution in [3.05, 3.63) is 42.2 Å². The van der Waals surface area contributed by atoms with Crippen LogP contribution in [0.5, 0.6) is 5.75 Å². The van der Waals surface area contributed by atoms with Crippen molar-refractivity contribution < 1.29 is 9.53 Å². The first-order valence-electron chi connectivity index (χ1n) is 7.10. The predicted molar refractivity (Wildman–Crippen MR) is 77.1 cm³/mol. The monoisotopic (exact) mass is 286 g/mol. The molecular weight excluding hydrogens is 268 g/mol. The van der Waals surface area contributed by atoms with Crippen LogP contribution in [-0.4, -0.2) is 45.0 Å². The van der Waals surface area contributed by atoms with Gasteiger partial charge in [-0.1, -0.05) is 0 Å². The molecule has 0 saturated carbocycles. The maximum atomic E-state index is 12.3. The van der Waals surface area contributed by atoms with Crippen LogP contribution in [0, 0.1) is 6.92 Å². The number of nitrogens with one attached hydrogen (secondary N) is 1. The van der Waals surface area contributed by atoms with Gasteiger partial charge in [-0.3, -0.25) is 9.78 Å². The summed E-state index contributed by atoms with van der Waals surface area (Å²) in [6.45, 7) is 3.25. The molecule has 3 heterocycles. The topological polar surface area (TPSA) is 71.1 Å². The minimum atomic E-state index is -0.00360. The zero-order valence-corrected chi connectivity index (χ0v) is 12.0. The Balaban J connectivity index is 1.56. The molecule has 0 aromatic carbocycles. The molecule has 0 radical (unpaired) electrons. The minimum absolute atomic E-state index is 0.00360. The molecule has 0 atom stereocenters. The Morgan fingerprint density at radius 2 is 2.05 bits per heavy atom. The molecular formula is C15H18N4O2. The van der Waals surface area contributed by atoms with Crippen molar-refractivity contribution in [1.82, 2.24) is 19.9 Å². The zero-order chi connectivity index (χ0) is 14.7. The molecule has 2 aromatic heterocycles. The number of amides is 1. The summed E-state index contributed by atoms with van der Waals surface area (Å²) in [7, 11) is 0. The van der Waals surface area contributed by atoms with Crippen molar-refractivity contribution in [2.24, 2.45) is 0 Å². The Morgan fingerprint density at radius 3 is 2.67 bits per heavy atom. The molecule has 1 saturated heterocycles. The fraction of sp³-hybridized carbons (Fsp3) is 0.400. The zero-order valence-electron chi connectivity index (χ0n) is 12.0. The van der Waals surface area contributed by atoms with Crippen molar-refractivity contribution in [2.75, 3.05) is 13.1 Å². The van der Waals surface area contributed by atoms with Gasteiger partial charge in [0, 0.05) is 44.0 Å². The van der Waals surface area contributed by atoms with Gasteiger partial charge in [-0.05, 0) is 19.1 Å². The van der Waals surface area contributed by atoms with Gasteiger partial charge >= 0.3 is 0 Å². The van der Waals surface area contributed by atoms with Crippen LogP contribution in [0.1, 0.15) is 29.0 Å². The average molecular weight is 286 g/mol. The summed E-state index contributed by atoms with van der Waals surface area (Å²) < 4.78 is 5.90. The number of piperidine rings is 1. The molecule has 1 N–H and O–H groups in total. The standard InChI is InChI=1S/C15H18N4O2/c1-11-14(18-10-17-11)15(20)19-8-4-13(5-9-19)21-12-2-6-16-7-3-12/h2-3,6-7,10,13H,4-5,8-9H2,1H3,(H,17,18). The summed E-state index contributed by atoms with van der Waals surface area (Å²) >= 11 is 0. The van der Waals surface area contributed by atoms with Crippen LogP contribution in [0.3, 0.4) is 0 Å². The van der Waals surface area contributed by atoms with E-state index in [0.29, 0.717) is 18.8 Å². The van der Waals surface area contributed by atoms with Gasteiger partial charge in [-0.2, -0.15) is 0 Å². The number of imidazole rings is 1. The highest BCUT2D eigenvalue weighted by molar-refractivity contribution is 5.93. The number of nitrogens with zero attached hydrogens (tertiary/aromatic N) is 3. The minimum Gasteiger partial charge on any atom is -0.490 e. The average Bonchev–Trinajstić information content (AvgIpc) is 2.94. The predicted octanol–water partition coefficient (Wildman–Crippen LogP) is 1.80. The molecule has 0 aliphatic carbocycles. The van der Waals surface area contributed by atoms with Crippen molar-refractivity contribution >= 4 is 5.91 Å². The van der Waals surface area contributed by atoms with E-state index in [1.807, 2.05) is 24.0 Å². The van der Waals surface area contributed by atoms with Gasteiger partial charge in [0.15, 0.2) is 0 Å². The van der Waals surface area contributed by atoms with E-state index >= 15 is 0 Å². The van der Waals surface area contributed by atoms with Crippen LogP contribution >= 0.6 is 0 Å². The Hall–Kier alpha value is -2.37. The number of pyridine rings is 1. The number of likely N-dealkylation sites (tertiary alicyclic amines) is 1. The SMILES string of the molecule is Cc1[nH]cnc1C(=O)N1CCC(Oc2ccncc2)CC1. The van der Waals surface area contributed by atoms with E-state index in [0.717, 1.165) is 24.3 Å². The van der Waals surface area contributed by atoms with Gasteiger partial charge in [0.25, 0.3) is 5.91 Å². The van der Waals surface area contributed by atoms with E-state index < -0.39 is 0 Å². The molecule has 3 rings (SSSR count). The highest BCUT2D eigenvalue weighted by Gasteiger charge is 2.26. The number of H-pyrrole nitrogens is 1. The number of aromatic amines is 1. The van der Waals surface area contributed by atoms with Crippen LogP contribution in [0.15, 0.2) is 30.9 Å². The molecule has 1 aliphatic heterocycles. The van der Waals surface area contributed by atoms with Gasteiger partial charge < -0.3 is 14.6 Å². The van der Waals surface area contributed by atoms with Gasteiger partial charge in [0.05, 0.1) is 6.33 Å². The van der Waals surface area contributed by atoms with Gasteiger partial charge in [-0.25, -0.2) is 4.98 Å². The summed E-state index contributed by atoms with van der Waals surface area (Å²) in [6.07, 6.45) is 6.80. The Morgan fingerprint density at radius 1 is 1.33 bits per heavy atom. The van der Waals surface area contributed by atoms with E-state index in [4.69, 9.17) is 4.74 Å². The molecule has 1 fully saturated rings. The Kier molecular flexibility index (Phi) is 3.85. The summed E-state index contributed by atoms with van der Waals surface area (Å²) in [5.74, 6) is 0.828. The molecule has 6 nitrogen and oxygen atoms in total. The van der Waals surface area contributed by atoms with Crippen LogP contribution in [0.4, 0.5) is 0 Å². The lowest BCUT2D eigenvalue weighted by Gasteiger charge is -2.31. The smallest absolute Gasteiger partial charge is 0.274 e. The highest BCUT2D eigenvalue weighted by atomic mass is 16.5. The summed E-state index contributed by atoms with van der Waals surface area (Å²) in [5, 5.41) is 0. The molecule has 110 valence electrons. The summed E-state index contributed by atoms with van der Waals surface area (Å²) in [5.41, 5.74) is 1.33. The third-order valence-electron chi connectivity index (χ3n) is 3.71. The summed E-state index contributed by atoms with van der Waals surface area (Å²) in [4.78, 5) is 25.2. The molecule has 0 unspecified atom stereocenters. The van der Waals surface area contributed by atoms with Gasteiger partial charge in [0.1, 0.15) is 17.5 Å². The maximum absolute atomic E-state index is 12.3. The lowest BCUT2D eigenvalue weighted by Crippen LogP contribution is -2.42. The molecule has 0 bridgehead atoms. The number of aryl methyl sites for hydroxylation is 1. The number of carbonyl (C=O) groups is 1. The second-order valence-corrected chi connectivity index (χ2v) is 5.17. The fourth-order valence-electron chi connectivity index (χ4n) is 2.51. The van der Waals surface area contributed by atoms with Crippen molar-refractivity contribution in [1.29, 1.82) is 0 Å². The van der Waals surface area contributed by atoms with E-state index in [1.54, 1.807) is 18.7 Å². The van der Waals surface area contributed by atoms with E-state index in [2.05, 4.69) is 15.0 Å². The van der Waals surface area contributed by atoms with Gasteiger partial charge in [0.2, 0.25) is 0 Å². The van der Waals surface area contributed by atoms with E-state index in [1.165, 1.54) is 0 Å². The fourth-order valence-corrected chi connectivity index (χ4v) is 2.51. The maximum Gasteiger partial charge on any atom is 0.274 e. The van der Waals surface area contributed by atoms with E-state index in [9.17, 15) is 4.79 Å². The van der Waals surface area contributed by atoms with Crippen molar-refractivity contribution in [3.8, 4) is 5.75 Å². The van der Waals surface area contributed by atoms with Crippen LogP contribution in [0.2, 0.25) is 0 Å². The van der Waals surface area contributed by atoms with Crippen LogP contribution < -0.4 is 4.74 Å². The number of hydrogen-bond donors (Lipinski definition) is 1. The molecule has 6 heteroatoms. The highest BCUT2D eigenvalue weighted by Crippen LogP contribution is 2.19. The van der Waals surface area contributed by atoms with Crippen molar-refractivity contribution in [3.63, 3.8) is 0 Å². The first-order chi connectivity index (χ1) is 10.2. The molecule has 2 aromatic rings. The Bertz CT molecular complexity index is 603. The van der Waals surface area contributed by atoms with Gasteiger partial charge in [-0.15, -0.1) is 0 Å². The molecule has 1 aliphatic rings. The van der Waals surface area contributed by atoms with Crippen LogP contribution in [0.25, 0.3) is 0 Å². The second kappa shape index (κ2) is 5.95. The molecule has 1 amide bonds. The lowest BCUT2D eigenvalue weighted by molar-refractivity contribution is 0.0590. The quantitative estimate of drug-likeness (QED) is 0.934. The van der Waals surface area contributed by atoms with Crippen LogP contribution in [-0.2, 0) is 0 Å². The number of aromatic nitrogens is 3. The molecule has 21 heavy (non-hydrogen) atoms. The number of ether oxygens (including phenoxy) is 1. The second-order valence-electron chi connectivity index (χ2n) is 5.17. The molecule has 0 spiro atoms. The summed E-state index contributed by atoms with van der Waals surface area (Å²) in [6, 6.07) is 3.70. The Labute approximate surface area is 123 Å². The number of rotatable bonds is 3. The third kappa shape index (κ3) is 3.04. The largest absolute Gasteiger partial charge is 0.490 e. The lowest BCUT2D eigenvalue weighted by atomic mass is 10.1. The first kappa shape index (κ1) is 13.6. The number of hydrogen-bond acceptors (Lipinski definition) is 4. The normalized spacial score (nSPS) is 16.0. The number of carbonyl (C=O) groups excluding carboxylic acids is 1.